The monoisotopic (exact) mass is 366 g/mol. The average Bonchev–Trinajstić information content (AvgIpc) is 3.24. The molecule has 0 bridgehead atoms. The number of aromatic nitrogens is 3. The molecule has 8 nitrogen and oxygen atoms in total. The van der Waals surface area contributed by atoms with E-state index in [-0.39, 0.29) is 11.3 Å². The number of carbonyl (C=O) groups excluding carboxylic acids is 1. The molecule has 3 aromatic rings. The standard InChI is InChI=1S/C19H18N4O4/c24-18(15-10-13(11-27-15)19(25)26)20-14-6-4-5-12(9-14)17-22-21-16-7-2-1-3-8-23(16)17/h4-6,9-11H,1-3,7-8H2,(H,20,24)(H,25,26). The van der Waals surface area contributed by atoms with E-state index in [0.717, 1.165) is 49.3 Å². The van der Waals surface area contributed by atoms with Crippen molar-refractivity contribution in [3.8, 4) is 11.4 Å². The summed E-state index contributed by atoms with van der Waals surface area (Å²) in [6.45, 7) is 0.888. The van der Waals surface area contributed by atoms with Crippen molar-refractivity contribution in [2.45, 2.75) is 32.2 Å². The van der Waals surface area contributed by atoms with Crippen LogP contribution in [0.15, 0.2) is 41.0 Å². The summed E-state index contributed by atoms with van der Waals surface area (Å²) in [5, 5.41) is 20.3. The first-order chi connectivity index (χ1) is 13.1. The number of carbonyl (C=O) groups is 2. The summed E-state index contributed by atoms with van der Waals surface area (Å²) in [5.41, 5.74) is 1.36. The zero-order valence-corrected chi connectivity index (χ0v) is 14.5. The van der Waals surface area contributed by atoms with Crippen LogP contribution in [0.3, 0.4) is 0 Å². The van der Waals surface area contributed by atoms with Crippen LogP contribution in [0.25, 0.3) is 11.4 Å². The summed E-state index contributed by atoms with van der Waals surface area (Å²) >= 11 is 0. The van der Waals surface area contributed by atoms with Crippen LogP contribution >= 0.6 is 0 Å². The van der Waals surface area contributed by atoms with Crippen molar-refractivity contribution in [3.05, 3.63) is 53.7 Å². The molecule has 1 amide bonds. The summed E-state index contributed by atoms with van der Waals surface area (Å²) in [6.07, 6.45) is 5.36. The number of nitrogens with one attached hydrogen (secondary N) is 1. The number of anilines is 1. The smallest absolute Gasteiger partial charge is 0.338 e. The van der Waals surface area contributed by atoms with Crippen molar-refractivity contribution in [1.82, 2.24) is 14.8 Å². The molecule has 27 heavy (non-hydrogen) atoms. The lowest BCUT2D eigenvalue weighted by atomic mass is 10.2. The number of fused-ring (bicyclic) bond motifs is 1. The van der Waals surface area contributed by atoms with Crippen molar-refractivity contribution in [1.29, 1.82) is 0 Å². The molecule has 0 radical (unpaired) electrons. The Bertz CT molecular complexity index is 1000. The van der Waals surface area contributed by atoms with Gasteiger partial charge in [-0.3, -0.25) is 4.79 Å². The SMILES string of the molecule is O=C(O)c1coc(C(=O)Nc2cccc(-c3nnc4n3CCCCC4)c2)c1. The first-order valence-electron chi connectivity index (χ1n) is 8.77. The van der Waals surface area contributed by atoms with Gasteiger partial charge in [-0.25, -0.2) is 4.79 Å². The Hall–Kier alpha value is -3.42. The molecule has 0 saturated carbocycles. The number of hydrogen-bond acceptors (Lipinski definition) is 5. The molecule has 0 spiro atoms. The van der Waals surface area contributed by atoms with Crippen LogP contribution in [0.5, 0.6) is 0 Å². The van der Waals surface area contributed by atoms with Crippen LogP contribution in [0.2, 0.25) is 0 Å². The van der Waals surface area contributed by atoms with E-state index in [1.165, 1.54) is 12.5 Å². The molecule has 2 aromatic heterocycles. The fourth-order valence-electron chi connectivity index (χ4n) is 3.19. The highest BCUT2D eigenvalue weighted by atomic mass is 16.4. The van der Waals surface area contributed by atoms with Gasteiger partial charge in [0.15, 0.2) is 11.6 Å². The fraction of sp³-hybridized carbons (Fsp3) is 0.263. The van der Waals surface area contributed by atoms with Crippen LogP contribution in [0, 0.1) is 0 Å². The van der Waals surface area contributed by atoms with E-state index in [2.05, 4.69) is 20.1 Å². The lowest BCUT2D eigenvalue weighted by molar-refractivity contribution is 0.0696. The summed E-state index contributed by atoms with van der Waals surface area (Å²) in [6, 6.07) is 8.52. The van der Waals surface area contributed by atoms with Gasteiger partial charge in [-0.05, 0) is 25.0 Å². The fourth-order valence-corrected chi connectivity index (χ4v) is 3.19. The van der Waals surface area contributed by atoms with E-state index in [9.17, 15) is 9.59 Å². The molecule has 1 aromatic carbocycles. The molecule has 8 heteroatoms. The van der Waals surface area contributed by atoms with Gasteiger partial charge in [-0.1, -0.05) is 18.6 Å². The number of nitrogens with zero attached hydrogens (tertiary/aromatic N) is 3. The Labute approximate surface area is 154 Å². The van der Waals surface area contributed by atoms with Crippen LogP contribution in [-0.2, 0) is 13.0 Å². The first-order valence-corrected chi connectivity index (χ1v) is 8.77. The van der Waals surface area contributed by atoms with Gasteiger partial charge in [0, 0.05) is 30.3 Å². The maximum atomic E-state index is 12.3. The molecular weight excluding hydrogens is 348 g/mol. The van der Waals surface area contributed by atoms with Gasteiger partial charge in [0.1, 0.15) is 12.1 Å². The van der Waals surface area contributed by atoms with Gasteiger partial charge in [-0.2, -0.15) is 0 Å². The second kappa shape index (κ2) is 7.06. The normalized spacial score (nSPS) is 13.6. The quantitative estimate of drug-likeness (QED) is 0.733. The highest BCUT2D eigenvalue weighted by Gasteiger charge is 2.18. The second-order valence-corrected chi connectivity index (χ2v) is 6.44. The highest BCUT2D eigenvalue weighted by molar-refractivity contribution is 6.03. The third kappa shape index (κ3) is 3.46. The molecule has 2 N–H and O–H groups in total. The predicted molar refractivity (Wildman–Crippen MR) is 96.6 cm³/mol. The van der Waals surface area contributed by atoms with Crippen molar-refractivity contribution in [3.63, 3.8) is 0 Å². The average molecular weight is 366 g/mol. The van der Waals surface area contributed by atoms with Crippen molar-refractivity contribution < 1.29 is 19.1 Å². The number of aryl methyl sites for hydroxylation is 1. The number of rotatable bonds is 4. The minimum absolute atomic E-state index is 0.0610. The number of hydrogen-bond donors (Lipinski definition) is 2. The van der Waals surface area contributed by atoms with E-state index >= 15 is 0 Å². The van der Waals surface area contributed by atoms with Crippen LogP contribution in [-0.4, -0.2) is 31.7 Å². The van der Waals surface area contributed by atoms with Gasteiger partial charge in [0.2, 0.25) is 0 Å². The maximum absolute atomic E-state index is 12.3. The largest absolute Gasteiger partial charge is 0.478 e. The van der Waals surface area contributed by atoms with Crippen molar-refractivity contribution in [2.24, 2.45) is 0 Å². The third-order valence-corrected chi connectivity index (χ3v) is 4.56. The maximum Gasteiger partial charge on any atom is 0.338 e. The highest BCUT2D eigenvalue weighted by Crippen LogP contribution is 2.25. The van der Waals surface area contributed by atoms with Gasteiger partial charge in [0.05, 0.1) is 5.56 Å². The Morgan fingerprint density at radius 1 is 1.15 bits per heavy atom. The molecule has 0 fully saturated rings. The minimum Gasteiger partial charge on any atom is -0.478 e. The van der Waals surface area contributed by atoms with Gasteiger partial charge in [-0.15, -0.1) is 10.2 Å². The molecule has 3 heterocycles. The summed E-state index contributed by atoms with van der Waals surface area (Å²) in [4.78, 5) is 23.2. The summed E-state index contributed by atoms with van der Waals surface area (Å²) < 4.78 is 7.17. The topological polar surface area (TPSA) is 110 Å². The molecule has 0 atom stereocenters. The molecule has 1 aliphatic rings. The number of aromatic carboxylic acids is 1. The van der Waals surface area contributed by atoms with Crippen molar-refractivity contribution in [2.75, 3.05) is 5.32 Å². The Balaban J connectivity index is 1.57. The first kappa shape index (κ1) is 17.0. The Kier molecular flexibility index (Phi) is 4.45. The number of carboxylic acid groups (broad SMARTS) is 1. The van der Waals surface area contributed by atoms with E-state index < -0.39 is 11.9 Å². The van der Waals surface area contributed by atoms with E-state index in [1.807, 2.05) is 18.2 Å². The molecule has 0 aliphatic carbocycles. The number of benzene rings is 1. The molecular formula is C19H18N4O4. The van der Waals surface area contributed by atoms with E-state index in [4.69, 9.17) is 9.52 Å². The lowest BCUT2D eigenvalue weighted by Crippen LogP contribution is -2.11. The number of amides is 1. The second-order valence-electron chi connectivity index (χ2n) is 6.44. The zero-order chi connectivity index (χ0) is 18.8. The minimum atomic E-state index is -1.15. The van der Waals surface area contributed by atoms with Crippen LogP contribution in [0.1, 0.15) is 46.0 Å². The number of furan rings is 1. The Morgan fingerprint density at radius 2 is 2.04 bits per heavy atom. The van der Waals surface area contributed by atoms with E-state index in [1.54, 1.807) is 6.07 Å². The predicted octanol–water partition coefficient (Wildman–Crippen LogP) is 3.22. The molecule has 138 valence electrons. The molecule has 0 saturated heterocycles. The van der Waals surface area contributed by atoms with Gasteiger partial charge in [0.25, 0.3) is 5.91 Å². The summed E-state index contributed by atoms with van der Waals surface area (Å²) in [7, 11) is 0. The van der Waals surface area contributed by atoms with Gasteiger partial charge >= 0.3 is 5.97 Å². The van der Waals surface area contributed by atoms with Crippen LogP contribution in [0.4, 0.5) is 5.69 Å². The lowest BCUT2D eigenvalue weighted by Gasteiger charge is -2.09. The molecule has 1 aliphatic heterocycles. The van der Waals surface area contributed by atoms with Crippen LogP contribution < -0.4 is 5.32 Å². The third-order valence-electron chi connectivity index (χ3n) is 4.56. The zero-order valence-electron chi connectivity index (χ0n) is 14.5. The van der Waals surface area contributed by atoms with Gasteiger partial charge < -0.3 is 19.4 Å². The summed E-state index contributed by atoms with van der Waals surface area (Å²) in [5.74, 6) is 0.0593. The van der Waals surface area contributed by atoms with E-state index in [0.29, 0.717) is 5.69 Å². The molecule has 0 unspecified atom stereocenters. The number of carboxylic acids is 1. The molecule has 4 rings (SSSR count). The Morgan fingerprint density at radius 3 is 2.85 bits per heavy atom. The van der Waals surface area contributed by atoms with Crippen molar-refractivity contribution >= 4 is 17.6 Å².